The van der Waals surface area contributed by atoms with Gasteiger partial charge in [0.15, 0.2) is 0 Å². The zero-order valence-electron chi connectivity index (χ0n) is 8.34. The Bertz CT molecular complexity index is 409. The minimum absolute atomic E-state index is 0.0712. The van der Waals surface area contributed by atoms with E-state index in [2.05, 4.69) is 5.32 Å². The lowest BCUT2D eigenvalue weighted by Gasteiger charge is -2.23. The van der Waals surface area contributed by atoms with Crippen molar-refractivity contribution in [2.24, 2.45) is 5.73 Å². The number of anilines is 1. The molecule has 0 aliphatic carbocycles. The first-order chi connectivity index (χ1) is 6.74. The van der Waals surface area contributed by atoms with Crippen molar-refractivity contribution in [3.63, 3.8) is 0 Å². The molecule has 1 aliphatic heterocycles. The molecule has 2 rings (SSSR count). The summed E-state index contributed by atoms with van der Waals surface area (Å²) < 4.78 is 1.78. The maximum atomic E-state index is 11.6. The topological polar surface area (TPSA) is 60.0 Å². The highest BCUT2D eigenvalue weighted by atomic mass is 16.1. The Labute approximate surface area is 82.7 Å². The van der Waals surface area contributed by atoms with Gasteiger partial charge < -0.3 is 11.1 Å². The fourth-order valence-corrected chi connectivity index (χ4v) is 1.94. The predicted molar refractivity (Wildman–Crippen MR) is 56.4 cm³/mol. The van der Waals surface area contributed by atoms with Crippen molar-refractivity contribution in [3.8, 4) is 0 Å². The molecule has 0 bridgehead atoms. The van der Waals surface area contributed by atoms with Gasteiger partial charge in [-0.1, -0.05) is 0 Å². The van der Waals surface area contributed by atoms with Gasteiger partial charge in [-0.05, 0) is 18.9 Å². The molecule has 0 spiro atoms. The number of fused-ring (bicyclic) bond motifs is 1. The van der Waals surface area contributed by atoms with Crippen molar-refractivity contribution < 1.29 is 0 Å². The minimum atomic E-state index is 0.0712. The molecule has 76 valence electrons. The summed E-state index contributed by atoms with van der Waals surface area (Å²) in [6.07, 6.45) is 1.000. The number of nitrogens with one attached hydrogen (secondary N) is 1. The van der Waals surface area contributed by atoms with Crippen LogP contribution in [0, 0.1) is 6.92 Å². The van der Waals surface area contributed by atoms with Crippen LogP contribution in [0.25, 0.3) is 0 Å². The molecular weight excluding hydrogens is 178 g/mol. The van der Waals surface area contributed by atoms with Gasteiger partial charge in [-0.3, -0.25) is 9.36 Å². The van der Waals surface area contributed by atoms with Gasteiger partial charge in [0.1, 0.15) is 5.82 Å². The van der Waals surface area contributed by atoms with Crippen LogP contribution in [0.2, 0.25) is 0 Å². The molecule has 0 fully saturated rings. The molecule has 1 aromatic heterocycles. The minimum Gasteiger partial charge on any atom is -0.371 e. The molecule has 0 aromatic carbocycles. The normalized spacial score (nSPS) is 14.7. The predicted octanol–water partition coefficient (Wildman–Crippen LogP) is 0.431. The summed E-state index contributed by atoms with van der Waals surface area (Å²) in [7, 11) is 0. The smallest absolute Gasteiger partial charge is 0.252 e. The van der Waals surface area contributed by atoms with Crippen LogP contribution in [0.15, 0.2) is 10.9 Å². The summed E-state index contributed by atoms with van der Waals surface area (Å²) in [5.74, 6) is 0.920. The molecule has 0 saturated heterocycles. The molecule has 0 saturated carbocycles. The first-order valence-electron chi connectivity index (χ1n) is 4.91. The van der Waals surface area contributed by atoms with E-state index in [0.29, 0.717) is 6.54 Å². The van der Waals surface area contributed by atoms with Crippen LogP contribution in [-0.2, 0) is 13.1 Å². The fourth-order valence-electron chi connectivity index (χ4n) is 1.94. The van der Waals surface area contributed by atoms with Gasteiger partial charge in [-0.25, -0.2) is 0 Å². The van der Waals surface area contributed by atoms with E-state index in [0.717, 1.165) is 36.5 Å². The first kappa shape index (κ1) is 9.27. The molecule has 14 heavy (non-hydrogen) atoms. The van der Waals surface area contributed by atoms with Crippen LogP contribution in [0.1, 0.15) is 17.5 Å². The Balaban J connectivity index is 2.67. The number of rotatable bonds is 1. The molecule has 0 atom stereocenters. The maximum Gasteiger partial charge on any atom is 0.252 e. The van der Waals surface area contributed by atoms with E-state index in [9.17, 15) is 4.79 Å². The second kappa shape index (κ2) is 3.46. The Morgan fingerprint density at radius 3 is 3.14 bits per heavy atom. The van der Waals surface area contributed by atoms with E-state index < -0.39 is 0 Å². The van der Waals surface area contributed by atoms with Crippen LogP contribution in [0.3, 0.4) is 0 Å². The highest BCUT2D eigenvalue weighted by Crippen LogP contribution is 2.19. The third-order valence-electron chi connectivity index (χ3n) is 2.69. The van der Waals surface area contributed by atoms with Crippen LogP contribution in [0.5, 0.6) is 0 Å². The largest absolute Gasteiger partial charge is 0.371 e. The third-order valence-corrected chi connectivity index (χ3v) is 2.69. The van der Waals surface area contributed by atoms with E-state index >= 15 is 0 Å². The summed E-state index contributed by atoms with van der Waals surface area (Å²) in [4.78, 5) is 11.6. The van der Waals surface area contributed by atoms with Crippen molar-refractivity contribution in [1.82, 2.24) is 4.57 Å². The monoisotopic (exact) mass is 193 g/mol. The molecule has 0 amide bonds. The van der Waals surface area contributed by atoms with Crippen molar-refractivity contribution in [2.45, 2.75) is 26.4 Å². The zero-order valence-corrected chi connectivity index (χ0v) is 8.34. The average molecular weight is 193 g/mol. The molecule has 1 aromatic rings. The molecule has 1 aliphatic rings. The fraction of sp³-hybridized carbons (Fsp3) is 0.500. The molecule has 2 heterocycles. The van der Waals surface area contributed by atoms with Gasteiger partial charge in [-0.15, -0.1) is 0 Å². The number of nitrogens with two attached hydrogens (primary N) is 1. The Kier molecular flexibility index (Phi) is 2.29. The first-order valence-corrected chi connectivity index (χ1v) is 4.91. The van der Waals surface area contributed by atoms with E-state index in [1.54, 1.807) is 10.6 Å². The SMILES string of the molecule is Cc1cc(=O)n2c(c1CN)NCCC2. The van der Waals surface area contributed by atoms with Crippen LogP contribution in [0.4, 0.5) is 5.82 Å². The highest BCUT2D eigenvalue weighted by molar-refractivity contribution is 5.50. The standard InChI is InChI=1S/C10H15N3O/c1-7-5-9(14)13-4-2-3-12-10(13)8(7)6-11/h5,12H,2-4,6,11H2,1H3. The van der Waals surface area contributed by atoms with Crippen molar-refractivity contribution >= 4 is 5.82 Å². The number of hydrogen-bond donors (Lipinski definition) is 2. The van der Waals surface area contributed by atoms with Gasteiger partial charge in [-0.2, -0.15) is 0 Å². The Morgan fingerprint density at radius 2 is 2.43 bits per heavy atom. The third kappa shape index (κ3) is 1.32. The quantitative estimate of drug-likeness (QED) is 0.680. The van der Waals surface area contributed by atoms with E-state index in [1.165, 1.54) is 0 Å². The molecule has 0 radical (unpaired) electrons. The number of nitrogens with zero attached hydrogens (tertiary/aromatic N) is 1. The number of hydrogen-bond acceptors (Lipinski definition) is 3. The molecule has 3 N–H and O–H groups in total. The van der Waals surface area contributed by atoms with Crippen molar-refractivity contribution in [3.05, 3.63) is 27.5 Å². The van der Waals surface area contributed by atoms with Crippen molar-refractivity contribution in [1.29, 1.82) is 0 Å². The summed E-state index contributed by atoms with van der Waals surface area (Å²) >= 11 is 0. The maximum absolute atomic E-state index is 11.6. The second-order valence-electron chi connectivity index (χ2n) is 3.63. The van der Waals surface area contributed by atoms with Gasteiger partial charge in [0.2, 0.25) is 0 Å². The summed E-state index contributed by atoms with van der Waals surface area (Å²) in [5, 5.41) is 3.25. The van der Waals surface area contributed by atoms with E-state index in [1.807, 2.05) is 6.92 Å². The van der Waals surface area contributed by atoms with Gasteiger partial charge in [0.25, 0.3) is 5.56 Å². The second-order valence-corrected chi connectivity index (χ2v) is 3.63. The molecule has 4 nitrogen and oxygen atoms in total. The lowest BCUT2D eigenvalue weighted by Crippen LogP contribution is -2.30. The van der Waals surface area contributed by atoms with E-state index in [4.69, 9.17) is 5.73 Å². The summed E-state index contributed by atoms with van der Waals surface area (Å²) in [5.41, 5.74) is 7.78. The highest BCUT2D eigenvalue weighted by Gasteiger charge is 2.14. The van der Waals surface area contributed by atoms with Crippen LogP contribution >= 0.6 is 0 Å². The Hall–Kier alpha value is -1.29. The van der Waals surface area contributed by atoms with Gasteiger partial charge in [0.05, 0.1) is 0 Å². The number of aromatic nitrogens is 1. The number of aryl methyl sites for hydroxylation is 1. The summed E-state index contributed by atoms with van der Waals surface area (Å²) in [6, 6.07) is 1.67. The summed E-state index contributed by atoms with van der Waals surface area (Å²) in [6.45, 7) is 4.14. The molecule has 4 heteroatoms. The average Bonchev–Trinajstić information content (AvgIpc) is 2.18. The zero-order chi connectivity index (χ0) is 10.1. The van der Waals surface area contributed by atoms with Crippen molar-refractivity contribution in [2.75, 3.05) is 11.9 Å². The van der Waals surface area contributed by atoms with Gasteiger partial charge >= 0.3 is 0 Å². The Morgan fingerprint density at radius 1 is 1.64 bits per heavy atom. The van der Waals surface area contributed by atoms with Gasteiger partial charge in [0, 0.05) is 31.3 Å². The number of pyridine rings is 1. The van der Waals surface area contributed by atoms with Crippen LogP contribution < -0.4 is 16.6 Å². The molecule has 0 unspecified atom stereocenters. The van der Waals surface area contributed by atoms with E-state index in [-0.39, 0.29) is 5.56 Å². The lowest BCUT2D eigenvalue weighted by atomic mass is 10.1. The molecular formula is C10H15N3O. The van der Waals surface area contributed by atoms with Crippen LogP contribution in [-0.4, -0.2) is 11.1 Å². The lowest BCUT2D eigenvalue weighted by molar-refractivity contribution is 0.603.